The van der Waals surface area contributed by atoms with E-state index < -0.39 is 0 Å². The molecule has 5 heteroatoms. The molecule has 0 aliphatic heterocycles. The number of nitriles is 2. The topological polar surface area (TPSA) is 68.6 Å². The van der Waals surface area contributed by atoms with E-state index >= 15 is 0 Å². The van der Waals surface area contributed by atoms with Gasteiger partial charge in [-0.15, -0.1) is 0 Å². The highest BCUT2D eigenvalue weighted by Gasteiger charge is 2.16. The van der Waals surface area contributed by atoms with Gasteiger partial charge in [0.25, 0.3) is 0 Å². The van der Waals surface area contributed by atoms with Crippen molar-refractivity contribution in [2.45, 2.75) is 0 Å². The number of hydrogen-bond donors (Lipinski definition) is 0. The van der Waals surface area contributed by atoms with Crippen LogP contribution in [-0.2, 0) is 0 Å². The molecular weight excluding hydrogens is 442 g/mol. The van der Waals surface area contributed by atoms with Crippen molar-refractivity contribution in [3.8, 4) is 17.8 Å². The van der Waals surface area contributed by atoms with E-state index in [0.717, 1.165) is 44.6 Å². The Bertz CT molecular complexity index is 1800. The van der Waals surface area contributed by atoms with Crippen molar-refractivity contribution < 1.29 is 0 Å². The number of nitrogens with zero attached hydrogens (tertiary/aromatic N) is 5. The summed E-state index contributed by atoms with van der Waals surface area (Å²) in [6.07, 6.45) is 3.64. The lowest BCUT2D eigenvalue weighted by Gasteiger charge is -2.26. The monoisotopic (exact) mass is 461 g/mol. The molecule has 0 atom stereocenters. The lowest BCUT2D eigenvalue weighted by molar-refractivity contribution is 1.16. The second-order valence-corrected chi connectivity index (χ2v) is 8.42. The van der Waals surface area contributed by atoms with Gasteiger partial charge in [0, 0.05) is 45.9 Å². The van der Waals surface area contributed by atoms with Crippen LogP contribution in [0.25, 0.3) is 27.5 Å². The van der Waals surface area contributed by atoms with E-state index in [1.54, 1.807) is 6.20 Å². The number of rotatable bonds is 4. The Kier molecular flexibility index (Phi) is 5.15. The fourth-order valence-electron chi connectivity index (χ4n) is 4.69. The van der Waals surface area contributed by atoms with Gasteiger partial charge in [0.2, 0.25) is 0 Å². The maximum absolute atomic E-state index is 9.44. The van der Waals surface area contributed by atoms with Gasteiger partial charge in [-0.2, -0.15) is 10.5 Å². The molecule has 36 heavy (non-hydrogen) atoms. The van der Waals surface area contributed by atoms with E-state index in [1.807, 2.05) is 79.0 Å². The third-order valence-corrected chi connectivity index (χ3v) is 6.31. The summed E-state index contributed by atoms with van der Waals surface area (Å²) < 4.78 is 2.21. The maximum Gasteiger partial charge on any atom is 0.0991 e. The van der Waals surface area contributed by atoms with Gasteiger partial charge in [0.05, 0.1) is 34.3 Å². The zero-order valence-corrected chi connectivity index (χ0v) is 19.2. The highest BCUT2D eigenvalue weighted by Crippen LogP contribution is 2.37. The molecule has 0 radical (unpaired) electrons. The first-order valence-electron chi connectivity index (χ1n) is 11.5. The van der Waals surface area contributed by atoms with Gasteiger partial charge in [-0.3, -0.25) is 4.98 Å². The quantitative estimate of drug-likeness (QED) is 0.274. The van der Waals surface area contributed by atoms with Crippen LogP contribution >= 0.6 is 0 Å². The van der Waals surface area contributed by atoms with Crippen molar-refractivity contribution in [3.05, 3.63) is 127 Å². The smallest absolute Gasteiger partial charge is 0.0991 e. The van der Waals surface area contributed by atoms with Gasteiger partial charge in [0.15, 0.2) is 0 Å². The molecule has 2 heterocycles. The van der Waals surface area contributed by atoms with Crippen molar-refractivity contribution >= 4 is 38.9 Å². The maximum atomic E-state index is 9.44. The van der Waals surface area contributed by atoms with Crippen LogP contribution < -0.4 is 4.90 Å². The fraction of sp³-hybridized carbons (Fsp3) is 0. The van der Waals surface area contributed by atoms with E-state index in [-0.39, 0.29) is 0 Å². The summed E-state index contributed by atoms with van der Waals surface area (Å²) in [7, 11) is 0. The van der Waals surface area contributed by atoms with Gasteiger partial charge in [-0.25, -0.2) is 0 Å². The number of benzene rings is 4. The Morgan fingerprint density at radius 2 is 1.31 bits per heavy atom. The molecule has 5 nitrogen and oxygen atoms in total. The minimum Gasteiger partial charge on any atom is -0.310 e. The minimum absolute atomic E-state index is 0.621. The summed E-state index contributed by atoms with van der Waals surface area (Å²) in [4.78, 5) is 6.51. The van der Waals surface area contributed by atoms with Crippen LogP contribution in [0.4, 0.5) is 17.1 Å². The predicted octanol–water partition coefficient (Wildman–Crippen LogP) is 7.39. The average Bonchev–Trinajstić information content (AvgIpc) is 3.28. The first-order valence-corrected chi connectivity index (χ1v) is 11.5. The molecule has 4 aromatic carbocycles. The highest BCUT2D eigenvalue weighted by atomic mass is 15.1. The van der Waals surface area contributed by atoms with Gasteiger partial charge in [0.1, 0.15) is 0 Å². The normalized spacial score (nSPS) is 10.7. The molecule has 0 saturated heterocycles. The summed E-state index contributed by atoms with van der Waals surface area (Å²) in [5.74, 6) is 0. The van der Waals surface area contributed by atoms with E-state index in [2.05, 4.69) is 56.9 Å². The predicted molar refractivity (Wildman–Crippen MR) is 143 cm³/mol. The lowest BCUT2D eigenvalue weighted by Crippen LogP contribution is -2.10. The Hall–Kier alpha value is -5.39. The van der Waals surface area contributed by atoms with Gasteiger partial charge in [-0.05, 0) is 78.9 Å². The number of aromatic nitrogens is 2. The summed E-state index contributed by atoms with van der Waals surface area (Å²) in [5.41, 5.74) is 7.24. The molecule has 0 saturated carbocycles. The third-order valence-electron chi connectivity index (χ3n) is 6.31. The number of anilines is 3. The molecule has 6 aromatic rings. The fourth-order valence-corrected chi connectivity index (χ4v) is 4.69. The molecule has 0 spiro atoms. The molecular formula is C31H19N5. The molecule has 0 aliphatic carbocycles. The third kappa shape index (κ3) is 3.53. The van der Waals surface area contributed by atoms with Crippen molar-refractivity contribution in [1.82, 2.24) is 9.55 Å². The Morgan fingerprint density at radius 1 is 0.611 bits per heavy atom. The molecule has 0 N–H and O–H groups in total. The number of hydrogen-bond acceptors (Lipinski definition) is 4. The summed E-state index contributed by atoms with van der Waals surface area (Å²) >= 11 is 0. The summed E-state index contributed by atoms with van der Waals surface area (Å²) in [6, 6.07) is 38.4. The Labute approximate surface area is 208 Å². The van der Waals surface area contributed by atoms with Crippen molar-refractivity contribution in [2.24, 2.45) is 0 Å². The average molecular weight is 462 g/mol. The van der Waals surface area contributed by atoms with Crippen LogP contribution in [0, 0.1) is 22.7 Å². The minimum atomic E-state index is 0.621. The Balaban J connectivity index is 1.57. The number of fused-ring (bicyclic) bond motifs is 3. The second kappa shape index (κ2) is 8.76. The number of para-hydroxylation sites is 1. The highest BCUT2D eigenvalue weighted by molar-refractivity contribution is 6.09. The molecule has 2 aromatic heterocycles. The Morgan fingerprint density at radius 3 is 2.08 bits per heavy atom. The van der Waals surface area contributed by atoms with Crippen LogP contribution in [0.5, 0.6) is 0 Å². The van der Waals surface area contributed by atoms with Crippen LogP contribution in [0.15, 0.2) is 116 Å². The SMILES string of the molecule is N#Cc1ccc(N(c2ccccc2)c2cccc(-n3c4ccncc4c4cc(C#N)ccc43)c2)cc1. The lowest BCUT2D eigenvalue weighted by atomic mass is 10.1. The van der Waals surface area contributed by atoms with E-state index in [0.29, 0.717) is 11.1 Å². The molecule has 0 aliphatic rings. The standard InChI is InChI=1S/C31H19N5/c32-19-22-9-12-25(13-10-22)35(24-5-2-1-3-6-24)26-7-4-8-27(18-26)36-30-14-11-23(20-33)17-28(30)29-21-34-16-15-31(29)36/h1-18,21H. The molecule has 0 fully saturated rings. The van der Waals surface area contributed by atoms with Crippen molar-refractivity contribution in [3.63, 3.8) is 0 Å². The largest absolute Gasteiger partial charge is 0.310 e. The first-order chi connectivity index (χ1) is 17.8. The van der Waals surface area contributed by atoms with Crippen LogP contribution in [-0.4, -0.2) is 9.55 Å². The summed E-state index contributed by atoms with van der Waals surface area (Å²) in [6.45, 7) is 0. The van der Waals surface area contributed by atoms with Crippen LogP contribution in [0.1, 0.15) is 11.1 Å². The summed E-state index contributed by atoms with van der Waals surface area (Å²) in [5, 5.41) is 20.7. The van der Waals surface area contributed by atoms with Crippen LogP contribution in [0.3, 0.4) is 0 Å². The molecule has 6 rings (SSSR count). The second-order valence-electron chi connectivity index (χ2n) is 8.42. The zero-order chi connectivity index (χ0) is 24.5. The van der Waals surface area contributed by atoms with E-state index in [1.165, 1.54) is 0 Å². The molecule has 0 bridgehead atoms. The number of pyridine rings is 1. The molecule has 0 amide bonds. The van der Waals surface area contributed by atoms with Crippen molar-refractivity contribution in [2.75, 3.05) is 4.90 Å². The molecule has 0 unspecified atom stereocenters. The van der Waals surface area contributed by atoms with Gasteiger partial charge in [-0.1, -0.05) is 24.3 Å². The van der Waals surface area contributed by atoms with Gasteiger partial charge >= 0.3 is 0 Å². The van der Waals surface area contributed by atoms with Crippen LogP contribution in [0.2, 0.25) is 0 Å². The van der Waals surface area contributed by atoms with Gasteiger partial charge < -0.3 is 9.47 Å². The zero-order valence-electron chi connectivity index (χ0n) is 19.2. The first kappa shape index (κ1) is 21.2. The van der Waals surface area contributed by atoms with E-state index in [9.17, 15) is 10.5 Å². The van der Waals surface area contributed by atoms with E-state index in [4.69, 9.17) is 0 Å². The molecule has 168 valence electrons. The van der Waals surface area contributed by atoms with Crippen molar-refractivity contribution in [1.29, 1.82) is 10.5 Å².